The Morgan fingerprint density at radius 3 is 2.65 bits per heavy atom. The highest BCUT2D eigenvalue weighted by Gasteiger charge is 2.14. The maximum Gasteiger partial charge on any atom is 0.322 e. The molecule has 118 valence electrons. The zero-order chi connectivity index (χ0) is 16.4. The van der Waals surface area contributed by atoms with Gasteiger partial charge < -0.3 is 19.2 Å². The molecule has 0 aliphatic heterocycles. The fourth-order valence-electron chi connectivity index (χ4n) is 2.43. The average Bonchev–Trinajstić information content (AvgIpc) is 3.05. The predicted octanol–water partition coefficient (Wildman–Crippen LogP) is 2.80. The number of urea groups is 1. The Bertz CT molecular complexity index is 897. The normalized spacial score (nSPS) is 10.7. The molecule has 0 bridgehead atoms. The first kappa shape index (κ1) is 14.9. The molecule has 2 heterocycles. The minimum atomic E-state index is -0.273. The van der Waals surface area contributed by atoms with Crippen LogP contribution in [0.1, 0.15) is 5.76 Å². The van der Waals surface area contributed by atoms with Crippen molar-refractivity contribution in [2.24, 2.45) is 7.05 Å². The van der Waals surface area contributed by atoms with Crippen molar-refractivity contribution in [1.29, 1.82) is 0 Å². The number of nitrogens with one attached hydrogen (secondary N) is 1. The van der Waals surface area contributed by atoms with E-state index in [1.807, 2.05) is 18.2 Å². The number of aromatic nitrogens is 1. The van der Waals surface area contributed by atoms with Gasteiger partial charge in [-0.05, 0) is 18.2 Å². The third-order valence-electron chi connectivity index (χ3n) is 3.65. The van der Waals surface area contributed by atoms with Crippen LogP contribution in [0, 0.1) is 0 Å². The largest absolute Gasteiger partial charge is 0.467 e. The second-order valence-corrected chi connectivity index (χ2v) is 5.37. The molecule has 3 aromatic rings. The maximum atomic E-state index is 12.4. The van der Waals surface area contributed by atoms with Crippen molar-refractivity contribution in [2.75, 3.05) is 12.4 Å². The van der Waals surface area contributed by atoms with Crippen LogP contribution in [0.2, 0.25) is 0 Å². The van der Waals surface area contributed by atoms with E-state index in [-0.39, 0.29) is 11.6 Å². The zero-order valence-corrected chi connectivity index (χ0v) is 12.9. The minimum absolute atomic E-state index is 0.0949. The molecular weight excluding hydrogens is 294 g/mol. The topological polar surface area (TPSA) is 67.5 Å². The smallest absolute Gasteiger partial charge is 0.322 e. The van der Waals surface area contributed by atoms with Crippen LogP contribution in [-0.4, -0.2) is 22.5 Å². The van der Waals surface area contributed by atoms with Gasteiger partial charge in [0.25, 0.3) is 5.56 Å². The van der Waals surface area contributed by atoms with Crippen LogP contribution in [0.3, 0.4) is 0 Å². The lowest BCUT2D eigenvalue weighted by molar-refractivity contribution is 0.217. The summed E-state index contributed by atoms with van der Waals surface area (Å²) in [4.78, 5) is 26.0. The quantitative estimate of drug-likeness (QED) is 0.809. The van der Waals surface area contributed by atoms with Crippen LogP contribution >= 0.6 is 0 Å². The molecular formula is C17H17N3O3. The van der Waals surface area contributed by atoms with E-state index in [4.69, 9.17) is 4.42 Å². The van der Waals surface area contributed by atoms with Gasteiger partial charge in [-0.1, -0.05) is 18.2 Å². The molecule has 0 aliphatic rings. The van der Waals surface area contributed by atoms with Crippen molar-refractivity contribution in [1.82, 2.24) is 9.47 Å². The number of amides is 2. The summed E-state index contributed by atoms with van der Waals surface area (Å²) in [5, 5.41) is 4.14. The van der Waals surface area contributed by atoms with E-state index in [9.17, 15) is 9.59 Å². The summed E-state index contributed by atoms with van der Waals surface area (Å²) < 4.78 is 6.71. The van der Waals surface area contributed by atoms with E-state index in [1.165, 1.54) is 9.47 Å². The number of hydrogen-bond acceptors (Lipinski definition) is 3. The number of furan rings is 1. The first-order valence-corrected chi connectivity index (χ1v) is 7.19. The molecule has 0 radical (unpaired) electrons. The number of aryl methyl sites for hydroxylation is 1. The summed E-state index contributed by atoms with van der Waals surface area (Å²) in [7, 11) is 3.35. The minimum Gasteiger partial charge on any atom is -0.467 e. The SMILES string of the molecule is CN(Cc1ccco1)C(=O)Nc1cn(C)c(=O)c2ccccc12. The molecule has 3 rings (SSSR count). The molecule has 0 unspecified atom stereocenters. The van der Waals surface area contributed by atoms with Crippen molar-refractivity contribution in [3.05, 3.63) is 65.0 Å². The van der Waals surface area contributed by atoms with Gasteiger partial charge in [0.2, 0.25) is 0 Å². The zero-order valence-electron chi connectivity index (χ0n) is 12.9. The highest BCUT2D eigenvalue weighted by molar-refractivity contribution is 6.00. The number of benzene rings is 1. The van der Waals surface area contributed by atoms with Crippen molar-refractivity contribution in [3.63, 3.8) is 0 Å². The molecule has 0 fully saturated rings. The van der Waals surface area contributed by atoms with Crippen LogP contribution in [0.25, 0.3) is 10.8 Å². The number of nitrogens with zero attached hydrogens (tertiary/aromatic N) is 2. The maximum absolute atomic E-state index is 12.4. The second-order valence-electron chi connectivity index (χ2n) is 5.37. The summed E-state index contributed by atoms with van der Waals surface area (Å²) in [6.07, 6.45) is 3.20. The lowest BCUT2D eigenvalue weighted by Crippen LogP contribution is -2.31. The molecule has 2 aromatic heterocycles. The van der Waals surface area contributed by atoms with Gasteiger partial charge in [0.15, 0.2) is 0 Å². The Morgan fingerprint density at radius 1 is 1.22 bits per heavy atom. The van der Waals surface area contributed by atoms with E-state index in [0.717, 1.165) is 5.39 Å². The van der Waals surface area contributed by atoms with Crippen LogP contribution in [0.4, 0.5) is 10.5 Å². The van der Waals surface area contributed by atoms with Gasteiger partial charge in [-0.2, -0.15) is 0 Å². The van der Waals surface area contributed by atoms with Gasteiger partial charge in [0, 0.05) is 31.1 Å². The molecule has 2 amide bonds. The molecule has 0 saturated heterocycles. The van der Waals surface area contributed by atoms with E-state index in [2.05, 4.69) is 5.32 Å². The molecule has 6 nitrogen and oxygen atoms in total. The first-order valence-electron chi connectivity index (χ1n) is 7.19. The number of carbonyl (C=O) groups is 1. The fraction of sp³-hybridized carbons (Fsp3) is 0.176. The number of anilines is 1. The average molecular weight is 311 g/mol. The highest BCUT2D eigenvalue weighted by atomic mass is 16.3. The van der Waals surface area contributed by atoms with Crippen LogP contribution < -0.4 is 10.9 Å². The van der Waals surface area contributed by atoms with Gasteiger partial charge in [-0.25, -0.2) is 4.79 Å². The highest BCUT2D eigenvalue weighted by Crippen LogP contribution is 2.20. The monoisotopic (exact) mass is 311 g/mol. The number of hydrogen-bond donors (Lipinski definition) is 1. The summed E-state index contributed by atoms with van der Waals surface area (Å²) >= 11 is 0. The Kier molecular flexibility index (Phi) is 3.89. The Balaban J connectivity index is 1.88. The van der Waals surface area contributed by atoms with Crippen LogP contribution in [0.15, 0.2) is 58.1 Å². The molecule has 6 heteroatoms. The van der Waals surface area contributed by atoms with Crippen molar-refractivity contribution in [3.8, 4) is 0 Å². The molecule has 0 spiro atoms. The summed E-state index contributed by atoms with van der Waals surface area (Å²) in [5.74, 6) is 0.702. The van der Waals surface area contributed by atoms with Crippen LogP contribution in [-0.2, 0) is 13.6 Å². The number of rotatable bonds is 3. The Hall–Kier alpha value is -3.02. The summed E-state index contributed by atoms with van der Waals surface area (Å²) in [6.45, 7) is 0.364. The third-order valence-corrected chi connectivity index (χ3v) is 3.65. The van der Waals surface area contributed by atoms with Gasteiger partial charge >= 0.3 is 6.03 Å². The number of pyridine rings is 1. The van der Waals surface area contributed by atoms with Crippen molar-refractivity contribution >= 4 is 22.5 Å². The molecule has 1 aromatic carbocycles. The third kappa shape index (κ3) is 2.96. The van der Waals surface area contributed by atoms with Gasteiger partial charge in [0.1, 0.15) is 5.76 Å². The number of carbonyl (C=O) groups excluding carboxylic acids is 1. The van der Waals surface area contributed by atoms with E-state index < -0.39 is 0 Å². The molecule has 0 saturated carbocycles. The lowest BCUT2D eigenvalue weighted by Gasteiger charge is -2.18. The van der Waals surface area contributed by atoms with Gasteiger partial charge in [-0.3, -0.25) is 4.79 Å². The molecule has 0 atom stereocenters. The van der Waals surface area contributed by atoms with Gasteiger partial charge in [0.05, 0.1) is 18.5 Å². The molecule has 0 aliphatic carbocycles. The van der Waals surface area contributed by atoms with Crippen molar-refractivity contribution in [2.45, 2.75) is 6.54 Å². The standard InChI is InChI=1S/C17H17N3O3/c1-19-11-15(13-7-3-4-8-14(13)16(19)21)18-17(22)20(2)10-12-6-5-9-23-12/h3-9,11H,10H2,1-2H3,(H,18,22). The Labute approximate surface area is 132 Å². The molecule has 1 N–H and O–H groups in total. The second kappa shape index (κ2) is 6.00. The predicted molar refractivity (Wildman–Crippen MR) is 88.4 cm³/mol. The van der Waals surface area contributed by atoms with E-state index in [0.29, 0.717) is 23.4 Å². The van der Waals surface area contributed by atoms with Crippen LogP contribution in [0.5, 0.6) is 0 Å². The number of fused-ring (bicyclic) bond motifs is 1. The van der Waals surface area contributed by atoms with Gasteiger partial charge in [-0.15, -0.1) is 0 Å². The lowest BCUT2D eigenvalue weighted by atomic mass is 10.1. The fourth-order valence-corrected chi connectivity index (χ4v) is 2.43. The summed E-state index contributed by atoms with van der Waals surface area (Å²) in [6, 6.07) is 10.5. The Morgan fingerprint density at radius 2 is 1.96 bits per heavy atom. The summed E-state index contributed by atoms with van der Waals surface area (Å²) in [5.41, 5.74) is 0.501. The first-order chi connectivity index (χ1) is 11.1. The molecule has 23 heavy (non-hydrogen) atoms. The van der Waals surface area contributed by atoms with Crippen molar-refractivity contribution < 1.29 is 9.21 Å². The van der Waals surface area contributed by atoms with E-state index in [1.54, 1.807) is 44.8 Å². The van der Waals surface area contributed by atoms with E-state index >= 15 is 0 Å².